The molecule has 29 heavy (non-hydrogen) atoms. The van der Waals surface area contributed by atoms with Crippen LogP contribution in [0.25, 0.3) is 5.69 Å². The van der Waals surface area contributed by atoms with E-state index in [2.05, 4.69) is 10.2 Å². The van der Waals surface area contributed by atoms with Gasteiger partial charge in [-0.1, -0.05) is 18.5 Å². The van der Waals surface area contributed by atoms with Crippen molar-refractivity contribution in [2.75, 3.05) is 0 Å². The number of carbonyl (C=O) groups is 1. The zero-order valence-corrected chi connectivity index (χ0v) is 16.4. The molecular formula is C19H17ClF4N4O. The SMILES string of the molecule is CCc1c(CC(=O)Cn2nc(C(F)(F)F)c(Cl)c2C)cnn1-c1ccc(F)cc1. The van der Waals surface area contributed by atoms with E-state index in [4.69, 9.17) is 11.6 Å². The first-order chi connectivity index (χ1) is 13.6. The summed E-state index contributed by atoms with van der Waals surface area (Å²) in [5.74, 6) is -0.713. The summed E-state index contributed by atoms with van der Waals surface area (Å²) in [5, 5.41) is 7.20. The maximum atomic E-state index is 13.1. The third-order valence-corrected chi connectivity index (χ3v) is 4.93. The summed E-state index contributed by atoms with van der Waals surface area (Å²) in [6.07, 6.45) is -2.63. The van der Waals surface area contributed by atoms with Crippen LogP contribution in [0.5, 0.6) is 0 Å². The molecule has 5 nitrogen and oxygen atoms in total. The third-order valence-electron chi connectivity index (χ3n) is 4.48. The summed E-state index contributed by atoms with van der Waals surface area (Å²) in [6.45, 7) is 2.92. The lowest BCUT2D eigenvalue weighted by atomic mass is 10.1. The smallest absolute Gasteiger partial charge is 0.297 e. The zero-order chi connectivity index (χ0) is 21.3. The van der Waals surface area contributed by atoms with Crippen LogP contribution in [-0.2, 0) is 30.4 Å². The first-order valence-electron chi connectivity index (χ1n) is 8.75. The van der Waals surface area contributed by atoms with Crippen LogP contribution in [-0.4, -0.2) is 25.3 Å². The van der Waals surface area contributed by atoms with Crippen LogP contribution in [0, 0.1) is 12.7 Å². The molecule has 154 valence electrons. The number of carbonyl (C=O) groups excluding carboxylic acids is 1. The van der Waals surface area contributed by atoms with E-state index in [-0.39, 0.29) is 30.3 Å². The number of hydrogen-bond acceptors (Lipinski definition) is 3. The maximum absolute atomic E-state index is 13.1. The molecule has 2 aromatic heterocycles. The molecule has 0 radical (unpaired) electrons. The van der Waals surface area contributed by atoms with Crippen molar-refractivity contribution >= 4 is 17.4 Å². The summed E-state index contributed by atoms with van der Waals surface area (Å²) in [5.41, 5.74) is 0.921. The fourth-order valence-electron chi connectivity index (χ4n) is 3.03. The lowest BCUT2D eigenvalue weighted by Crippen LogP contribution is -2.16. The molecule has 0 fully saturated rings. The van der Waals surface area contributed by atoms with E-state index in [9.17, 15) is 22.4 Å². The molecule has 0 unspecified atom stereocenters. The molecule has 0 atom stereocenters. The maximum Gasteiger partial charge on any atom is 0.436 e. The number of rotatable bonds is 6. The van der Waals surface area contributed by atoms with E-state index in [1.54, 1.807) is 16.8 Å². The number of nitrogens with zero attached hydrogens (tertiary/aromatic N) is 4. The van der Waals surface area contributed by atoms with Gasteiger partial charge in [0.25, 0.3) is 0 Å². The van der Waals surface area contributed by atoms with Gasteiger partial charge in [-0.15, -0.1) is 0 Å². The number of benzene rings is 1. The Labute approximate surface area is 168 Å². The molecule has 2 heterocycles. The van der Waals surface area contributed by atoms with Crippen molar-refractivity contribution in [2.24, 2.45) is 0 Å². The number of Topliss-reactive ketones (excluding diaryl/α,β-unsaturated/α-hetero) is 1. The second-order valence-electron chi connectivity index (χ2n) is 6.48. The van der Waals surface area contributed by atoms with Gasteiger partial charge in [0.2, 0.25) is 0 Å². The fraction of sp³-hybridized carbons (Fsp3) is 0.316. The summed E-state index contributed by atoms with van der Waals surface area (Å²) < 4.78 is 54.5. The van der Waals surface area contributed by atoms with E-state index in [0.29, 0.717) is 17.7 Å². The standard InChI is InChI=1S/C19H17ClF4N4O/c1-3-16-12(9-25-28(16)14-6-4-13(21)5-7-14)8-15(29)10-27-11(2)17(20)18(26-27)19(22,23)24/h4-7,9H,3,8,10H2,1-2H3. The van der Waals surface area contributed by atoms with Gasteiger partial charge in [0.05, 0.1) is 22.6 Å². The van der Waals surface area contributed by atoms with Crippen LogP contribution in [0.2, 0.25) is 5.02 Å². The molecule has 3 aromatic rings. The molecule has 0 amide bonds. The highest BCUT2D eigenvalue weighted by Crippen LogP contribution is 2.35. The second kappa shape index (κ2) is 7.98. The molecule has 0 spiro atoms. The van der Waals surface area contributed by atoms with Gasteiger partial charge in [-0.25, -0.2) is 9.07 Å². The van der Waals surface area contributed by atoms with Crippen LogP contribution in [0.1, 0.15) is 29.6 Å². The van der Waals surface area contributed by atoms with Crippen molar-refractivity contribution in [3.05, 3.63) is 63.9 Å². The van der Waals surface area contributed by atoms with Crippen LogP contribution in [0.15, 0.2) is 30.5 Å². The van der Waals surface area contributed by atoms with Crippen LogP contribution in [0.3, 0.4) is 0 Å². The second-order valence-corrected chi connectivity index (χ2v) is 6.86. The van der Waals surface area contributed by atoms with E-state index >= 15 is 0 Å². The normalized spacial score (nSPS) is 11.8. The summed E-state index contributed by atoms with van der Waals surface area (Å²) in [6, 6.07) is 5.76. The Morgan fingerprint density at radius 1 is 1.21 bits per heavy atom. The minimum Gasteiger partial charge on any atom is -0.297 e. The molecule has 10 heteroatoms. The number of ketones is 1. The monoisotopic (exact) mass is 428 g/mol. The van der Waals surface area contributed by atoms with E-state index < -0.39 is 16.9 Å². The molecule has 0 bridgehead atoms. The predicted octanol–water partition coefficient (Wildman–Crippen LogP) is 4.56. The van der Waals surface area contributed by atoms with Gasteiger partial charge < -0.3 is 0 Å². The molecule has 3 rings (SSSR count). The van der Waals surface area contributed by atoms with Crippen molar-refractivity contribution in [2.45, 2.75) is 39.4 Å². The van der Waals surface area contributed by atoms with Crippen molar-refractivity contribution in [3.8, 4) is 5.69 Å². The average molecular weight is 429 g/mol. The molecule has 0 saturated heterocycles. The van der Waals surface area contributed by atoms with Crippen molar-refractivity contribution < 1.29 is 22.4 Å². The number of hydrogen-bond donors (Lipinski definition) is 0. The number of halogens is 5. The van der Waals surface area contributed by atoms with Crippen LogP contribution >= 0.6 is 11.6 Å². The first kappa shape index (κ1) is 21.0. The Balaban J connectivity index is 1.81. The molecule has 1 aromatic carbocycles. The van der Waals surface area contributed by atoms with Gasteiger partial charge in [-0.2, -0.15) is 23.4 Å². The fourth-order valence-corrected chi connectivity index (χ4v) is 3.27. The lowest BCUT2D eigenvalue weighted by molar-refractivity contribution is -0.141. The minimum absolute atomic E-state index is 0.0252. The molecule has 0 saturated carbocycles. The van der Waals surface area contributed by atoms with E-state index in [0.717, 1.165) is 10.4 Å². The van der Waals surface area contributed by atoms with E-state index in [1.165, 1.54) is 25.3 Å². The van der Waals surface area contributed by atoms with Crippen LogP contribution < -0.4 is 0 Å². The highest BCUT2D eigenvalue weighted by Gasteiger charge is 2.38. The third kappa shape index (κ3) is 4.34. The summed E-state index contributed by atoms with van der Waals surface area (Å²) in [4.78, 5) is 12.5. The zero-order valence-electron chi connectivity index (χ0n) is 15.6. The van der Waals surface area contributed by atoms with Crippen molar-refractivity contribution in [1.29, 1.82) is 0 Å². The van der Waals surface area contributed by atoms with Crippen molar-refractivity contribution in [3.63, 3.8) is 0 Å². The predicted molar refractivity (Wildman–Crippen MR) is 98.6 cm³/mol. The summed E-state index contributed by atoms with van der Waals surface area (Å²) in [7, 11) is 0. The molecule has 0 aliphatic heterocycles. The van der Waals surface area contributed by atoms with Gasteiger partial charge in [0, 0.05) is 17.7 Å². The molecule has 0 aliphatic rings. The molecule has 0 aliphatic carbocycles. The lowest BCUT2D eigenvalue weighted by Gasteiger charge is -2.08. The van der Waals surface area contributed by atoms with Crippen molar-refractivity contribution in [1.82, 2.24) is 19.6 Å². The van der Waals surface area contributed by atoms with Gasteiger partial charge in [-0.3, -0.25) is 9.48 Å². The highest BCUT2D eigenvalue weighted by molar-refractivity contribution is 6.32. The quantitative estimate of drug-likeness (QED) is 0.541. The largest absolute Gasteiger partial charge is 0.436 e. The van der Waals surface area contributed by atoms with Gasteiger partial charge in [-0.05, 0) is 37.6 Å². The van der Waals surface area contributed by atoms with Crippen LogP contribution in [0.4, 0.5) is 17.6 Å². The Hall–Kier alpha value is -2.68. The Morgan fingerprint density at radius 3 is 2.41 bits per heavy atom. The molecular weight excluding hydrogens is 412 g/mol. The highest BCUT2D eigenvalue weighted by atomic mass is 35.5. The Morgan fingerprint density at radius 2 is 1.86 bits per heavy atom. The number of alkyl halides is 3. The minimum atomic E-state index is -4.69. The Bertz CT molecular complexity index is 1040. The molecule has 0 N–H and O–H groups in total. The Kier molecular flexibility index (Phi) is 5.79. The topological polar surface area (TPSA) is 52.7 Å². The average Bonchev–Trinajstić information content (AvgIpc) is 3.17. The van der Waals surface area contributed by atoms with E-state index in [1.807, 2.05) is 6.92 Å². The first-order valence-corrected chi connectivity index (χ1v) is 9.13. The summed E-state index contributed by atoms with van der Waals surface area (Å²) >= 11 is 5.72. The van der Waals surface area contributed by atoms with Gasteiger partial charge in [0.1, 0.15) is 12.4 Å². The number of aromatic nitrogens is 4. The van der Waals surface area contributed by atoms with Gasteiger partial charge >= 0.3 is 6.18 Å². The van der Waals surface area contributed by atoms with Gasteiger partial charge in [0.15, 0.2) is 11.5 Å².